The Morgan fingerprint density at radius 1 is 1.37 bits per heavy atom. The molecule has 19 heavy (non-hydrogen) atoms. The zero-order valence-electron chi connectivity index (χ0n) is 12.5. The normalized spacial score (nSPS) is 23.3. The molecule has 2 nitrogen and oxygen atoms in total. The average Bonchev–Trinajstić information content (AvgIpc) is 2.45. The molecule has 1 N–H and O–H groups in total. The first-order valence-electron chi connectivity index (χ1n) is 7.59. The Morgan fingerprint density at radius 3 is 2.95 bits per heavy atom. The van der Waals surface area contributed by atoms with Gasteiger partial charge in [-0.2, -0.15) is 0 Å². The van der Waals surface area contributed by atoms with Gasteiger partial charge in [-0.3, -0.25) is 0 Å². The summed E-state index contributed by atoms with van der Waals surface area (Å²) in [4.78, 5) is 0. The lowest BCUT2D eigenvalue weighted by Crippen LogP contribution is -2.38. The molecule has 1 aromatic rings. The van der Waals surface area contributed by atoms with Crippen LogP contribution in [0.3, 0.4) is 0 Å². The third-order valence-corrected chi connectivity index (χ3v) is 4.38. The van der Waals surface area contributed by atoms with Crippen molar-refractivity contribution in [1.82, 2.24) is 5.32 Å². The molecule has 2 atom stereocenters. The second-order valence-electron chi connectivity index (χ2n) is 5.80. The maximum atomic E-state index is 5.46. The van der Waals surface area contributed by atoms with Crippen molar-refractivity contribution in [3.05, 3.63) is 29.3 Å². The molecule has 0 radical (unpaired) electrons. The monoisotopic (exact) mass is 261 g/mol. The van der Waals surface area contributed by atoms with Crippen molar-refractivity contribution in [2.75, 3.05) is 13.7 Å². The van der Waals surface area contributed by atoms with Crippen LogP contribution in [-0.2, 0) is 6.42 Å². The summed E-state index contributed by atoms with van der Waals surface area (Å²) >= 11 is 0. The van der Waals surface area contributed by atoms with Gasteiger partial charge in [0.2, 0.25) is 0 Å². The summed E-state index contributed by atoms with van der Waals surface area (Å²) in [6.07, 6.45) is 6.34. The third kappa shape index (κ3) is 3.97. The van der Waals surface area contributed by atoms with Gasteiger partial charge in [-0.15, -0.1) is 0 Å². The molecule has 2 heteroatoms. The van der Waals surface area contributed by atoms with E-state index >= 15 is 0 Å². The van der Waals surface area contributed by atoms with E-state index in [9.17, 15) is 0 Å². The zero-order chi connectivity index (χ0) is 13.7. The molecular formula is C17H27NO. The van der Waals surface area contributed by atoms with Gasteiger partial charge in [0, 0.05) is 6.04 Å². The number of nitrogens with one attached hydrogen (secondary N) is 1. The molecule has 106 valence electrons. The molecule has 1 aliphatic heterocycles. The van der Waals surface area contributed by atoms with E-state index in [0.717, 1.165) is 18.1 Å². The minimum absolute atomic E-state index is 0.684. The maximum Gasteiger partial charge on any atom is 0.122 e. The Labute approximate surface area is 117 Å². The van der Waals surface area contributed by atoms with Crippen molar-refractivity contribution in [3.8, 4) is 5.75 Å². The van der Waals surface area contributed by atoms with Crippen molar-refractivity contribution in [2.24, 2.45) is 5.92 Å². The molecule has 0 saturated carbocycles. The molecule has 0 aliphatic carbocycles. The minimum Gasteiger partial charge on any atom is -0.496 e. The third-order valence-electron chi connectivity index (χ3n) is 4.38. The molecular weight excluding hydrogens is 234 g/mol. The molecule has 1 saturated heterocycles. The Morgan fingerprint density at radius 2 is 2.21 bits per heavy atom. The average molecular weight is 261 g/mol. The largest absolute Gasteiger partial charge is 0.496 e. The van der Waals surface area contributed by atoms with Gasteiger partial charge >= 0.3 is 0 Å². The van der Waals surface area contributed by atoms with Crippen LogP contribution in [0.1, 0.15) is 43.7 Å². The van der Waals surface area contributed by atoms with Crippen LogP contribution in [-0.4, -0.2) is 19.7 Å². The summed E-state index contributed by atoms with van der Waals surface area (Å²) in [5, 5.41) is 3.66. The number of hydrogen-bond donors (Lipinski definition) is 1. The van der Waals surface area contributed by atoms with Gasteiger partial charge in [-0.25, -0.2) is 0 Å². The molecule has 0 bridgehead atoms. The fourth-order valence-electron chi connectivity index (χ4n) is 3.12. The summed E-state index contributed by atoms with van der Waals surface area (Å²) in [6.45, 7) is 5.65. The zero-order valence-corrected chi connectivity index (χ0v) is 12.5. The van der Waals surface area contributed by atoms with Crippen molar-refractivity contribution in [2.45, 2.75) is 52.0 Å². The summed E-state index contributed by atoms with van der Waals surface area (Å²) in [5.41, 5.74) is 2.67. The van der Waals surface area contributed by atoms with E-state index in [-0.39, 0.29) is 0 Å². The second-order valence-corrected chi connectivity index (χ2v) is 5.80. The topological polar surface area (TPSA) is 21.3 Å². The second kappa shape index (κ2) is 6.95. The van der Waals surface area contributed by atoms with Crippen LogP contribution < -0.4 is 10.1 Å². The van der Waals surface area contributed by atoms with Gasteiger partial charge in [0.05, 0.1) is 7.11 Å². The van der Waals surface area contributed by atoms with Crippen LogP contribution in [0.15, 0.2) is 18.2 Å². The molecule has 1 aromatic carbocycles. The van der Waals surface area contributed by atoms with Gasteiger partial charge in [-0.05, 0) is 56.7 Å². The summed E-state index contributed by atoms with van der Waals surface area (Å²) in [5.74, 6) is 1.96. The first kappa shape index (κ1) is 14.4. The first-order chi connectivity index (χ1) is 9.22. The lowest BCUT2D eigenvalue weighted by molar-refractivity contribution is 0.284. The van der Waals surface area contributed by atoms with E-state index in [1.807, 2.05) is 0 Å². The molecule has 2 unspecified atom stereocenters. The SMILES string of the molecule is CCC1CCNC(CCc2cc(C)ccc2OC)C1. The van der Waals surface area contributed by atoms with Crippen LogP contribution in [0, 0.1) is 12.8 Å². The van der Waals surface area contributed by atoms with Crippen LogP contribution in [0.25, 0.3) is 0 Å². The Bertz CT molecular complexity index is 402. The van der Waals surface area contributed by atoms with Crippen LogP contribution >= 0.6 is 0 Å². The van der Waals surface area contributed by atoms with Gasteiger partial charge in [-0.1, -0.05) is 31.0 Å². The maximum absolute atomic E-state index is 5.46. The Balaban J connectivity index is 1.92. The number of hydrogen-bond acceptors (Lipinski definition) is 2. The van der Waals surface area contributed by atoms with Crippen LogP contribution in [0.4, 0.5) is 0 Å². The summed E-state index contributed by atoms with van der Waals surface area (Å²) < 4.78 is 5.46. The number of aryl methyl sites for hydroxylation is 2. The number of benzene rings is 1. The highest BCUT2D eigenvalue weighted by atomic mass is 16.5. The highest BCUT2D eigenvalue weighted by Crippen LogP contribution is 2.25. The highest BCUT2D eigenvalue weighted by molar-refractivity contribution is 5.37. The minimum atomic E-state index is 0.684. The predicted molar refractivity (Wildman–Crippen MR) is 80.9 cm³/mol. The van der Waals surface area contributed by atoms with Gasteiger partial charge in [0.25, 0.3) is 0 Å². The Kier molecular flexibility index (Phi) is 5.26. The van der Waals surface area contributed by atoms with Crippen LogP contribution in [0.2, 0.25) is 0 Å². The molecule has 1 fully saturated rings. The summed E-state index contributed by atoms with van der Waals surface area (Å²) in [7, 11) is 1.76. The fourth-order valence-corrected chi connectivity index (χ4v) is 3.12. The highest BCUT2D eigenvalue weighted by Gasteiger charge is 2.20. The van der Waals surface area contributed by atoms with Crippen LogP contribution in [0.5, 0.6) is 5.75 Å². The quantitative estimate of drug-likeness (QED) is 0.872. The number of ether oxygens (including phenoxy) is 1. The van der Waals surface area contributed by atoms with Crippen molar-refractivity contribution < 1.29 is 4.74 Å². The predicted octanol–water partition coefficient (Wildman–Crippen LogP) is 3.71. The molecule has 1 heterocycles. The Hall–Kier alpha value is -1.02. The lowest BCUT2D eigenvalue weighted by atomic mass is 9.88. The number of piperidine rings is 1. The number of methoxy groups -OCH3 is 1. The van der Waals surface area contributed by atoms with Crippen molar-refractivity contribution in [1.29, 1.82) is 0 Å². The van der Waals surface area contributed by atoms with Crippen molar-refractivity contribution in [3.63, 3.8) is 0 Å². The molecule has 0 amide bonds. The molecule has 1 aliphatic rings. The molecule has 0 aromatic heterocycles. The van der Waals surface area contributed by atoms with E-state index in [1.54, 1.807) is 7.11 Å². The lowest BCUT2D eigenvalue weighted by Gasteiger charge is -2.30. The van der Waals surface area contributed by atoms with E-state index in [4.69, 9.17) is 4.74 Å². The van der Waals surface area contributed by atoms with E-state index in [0.29, 0.717) is 6.04 Å². The summed E-state index contributed by atoms with van der Waals surface area (Å²) in [6, 6.07) is 7.16. The number of rotatable bonds is 5. The molecule has 2 rings (SSSR count). The van der Waals surface area contributed by atoms with Gasteiger partial charge in [0.15, 0.2) is 0 Å². The molecule has 0 spiro atoms. The van der Waals surface area contributed by atoms with Gasteiger partial charge < -0.3 is 10.1 Å². The van der Waals surface area contributed by atoms with E-state index in [2.05, 4.69) is 37.4 Å². The standard InChI is InChI=1S/C17H27NO/c1-4-14-9-10-18-16(12-14)7-6-15-11-13(2)5-8-17(15)19-3/h5,8,11,14,16,18H,4,6-7,9-10,12H2,1-3H3. The van der Waals surface area contributed by atoms with Gasteiger partial charge in [0.1, 0.15) is 5.75 Å². The smallest absolute Gasteiger partial charge is 0.122 e. The van der Waals surface area contributed by atoms with Crippen molar-refractivity contribution >= 4 is 0 Å². The van der Waals surface area contributed by atoms with E-state index in [1.165, 1.54) is 43.4 Å². The van der Waals surface area contributed by atoms with E-state index < -0.39 is 0 Å². The fraction of sp³-hybridized carbons (Fsp3) is 0.647. The first-order valence-corrected chi connectivity index (χ1v) is 7.59.